The lowest BCUT2D eigenvalue weighted by Gasteiger charge is -2.27. The van der Waals surface area contributed by atoms with E-state index in [1.165, 1.54) is 27.7 Å². The van der Waals surface area contributed by atoms with E-state index in [9.17, 15) is 42.5 Å². The van der Waals surface area contributed by atoms with Crippen molar-refractivity contribution in [3.63, 3.8) is 0 Å². The minimum absolute atomic E-state index is 0.120. The maximum Gasteiger partial charge on any atom is 0.416 e. The van der Waals surface area contributed by atoms with Crippen LogP contribution in [0, 0.1) is 21.4 Å². The van der Waals surface area contributed by atoms with E-state index in [0.717, 1.165) is 13.8 Å². The van der Waals surface area contributed by atoms with Gasteiger partial charge in [0.2, 0.25) is 0 Å². The molecule has 0 aromatic heterocycles. The average Bonchev–Trinajstić information content (AvgIpc) is 2.65. The van der Waals surface area contributed by atoms with Gasteiger partial charge in [-0.1, -0.05) is 0 Å². The number of carbonyl (C=O) groups is 4. The Bertz CT molecular complexity index is 977. The Kier molecular flexibility index (Phi) is 8.13. The Labute approximate surface area is 187 Å². The number of esters is 2. The van der Waals surface area contributed by atoms with Crippen LogP contribution >= 0.6 is 0 Å². The zero-order valence-corrected chi connectivity index (χ0v) is 18.9. The molecule has 1 unspecified atom stereocenters. The molecule has 1 atom stereocenters. The van der Waals surface area contributed by atoms with Gasteiger partial charge in [-0.05, 0) is 53.7 Å². The third-order valence-corrected chi connectivity index (χ3v) is 4.36. The van der Waals surface area contributed by atoms with Crippen molar-refractivity contribution >= 4 is 29.2 Å². The summed E-state index contributed by atoms with van der Waals surface area (Å²) in [7, 11) is 0. The Morgan fingerprint density at radius 1 is 1.06 bits per heavy atom. The third-order valence-electron chi connectivity index (χ3n) is 4.36. The number of nitrogens with zero attached hydrogens (tertiary/aromatic N) is 1. The van der Waals surface area contributed by atoms with Crippen LogP contribution in [0.15, 0.2) is 18.2 Å². The van der Waals surface area contributed by atoms with E-state index in [4.69, 9.17) is 9.47 Å². The molecule has 0 aliphatic carbocycles. The van der Waals surface area contributed by atoms with E-state index < -0.39 is 68.4 Å². The van der Waals surface area contributed by atoms with Crippen LogP contribution in [0.25, 0.3) is 0 Å². The van der Waals surface area contributed by atoms with Crippen LogP contribution in [0.4, 0.5) is 18.9 Å². The van der Waals surface area contributed by atoms with Crippen LogP contribution in [0.3, 0.4) is 0 Å². The summed E-state index contributed by atoms with van der Waals surface area (Å²) in [6, 6.07) is 1.04. The van der Waals surface area contributed by atoms with Crippen molar-refractivity contribution in [3.8, 4) is 0 Å². The molecule has 0 radical (unpaired) electrons. The number of ether oxygens (including phenoxy) is 2. The van der Waals surface area contributed by atoms with Crippen molar-refractivity contribution < 1.29 is 46.7 Å². The zero-order chi connectivity index (χ0) is 25.9. The molecular formula is C21H24F3NO8. The predicted molar refractivity (Wildman–Crippen MR) is 107 cm³/mol. The molecule has 0 saturated carbocycles. The summed E-state index contributed by atoms with van der Waals surface area (Å²) in [6.07, 6.45) is -4.95. The van der Waals surface area contributed by atoms with Gasteiger partial charge >= 0.3 is 18.1 Å². The first-order chi connectivity index (χ1) is 14.8. The molecule has 0 aliphatic heterocycles. The molecule has 0 N–H and O–H groups in total. The highest BCUT2D eigenvalue weighted by atomic mass is 19.4. The van der Waals surface area contributed by atoms with Crippen LogP contribution in [0.2, 0.25) is 0 Å². The van der Waals surface area contributed by atoms with E-state index in [2.05, 4.69) is 0 Å². The lowest BCUT2D eigenvalue weighted by molar-refractivity contribution is -0.385. The molecule has 12 heteroatoms. The fourth-order valence-electron chi connectivity index (χ4n) is 2.69. The van der Waals surface area contributed by atoms with Gasteiger partial charge in [0.05, 0.1) is 22.7 Å². The Morgan fingerprint density at radius 3 is 2.03 bits per heavy atom. The first-order valence-corrected chi connectivity index (χ1v) is 9.68. The molecule has 1 aromatic carbocycles. The van der Waals surface area contributed by atoms with Crippen molar-refractivity contribution in [2.75, 3.05) is 6.61 Å². The molecule has 0 saturated heterocycles. The molecule has 1 aromatic rings. The van der Waals surface area contributed by atoms with Crippen molar-refractivity contribution in [1.29, 1.82) is 0 Å². The molecule has 0 spiro atoms. The number of halogens is 3. The van der Waals surface area contributed by atoms with Crippen LogP contribution in [0.1, 0.15) is 57.5 Å². The SMILES string of the molecule is CCOC(=O)C(C)(C)C(=O)C(C(=O)OC(C)(C)C)C(=O)c1ccc(C(F)(F)F)cc1[N+](=O)[O-]. The normalized spacial score (nSPS) is 13.1. The van der Waals surface area contributed by atoms with Crippen LogP contribution < -0.4 is 0 Å². The van der Waals surface area contributed by atoms with Gasteiger partial charge in [-0.3, -0.25) is 29.3 Å². The third kappa shape index (κ3) is 6.59. The summed E-state index contributed by atoms with van der Waals surface area (Å²) in [5.74, 6) is -7.61. The first-order valence-electron chi connectivity index (χ1n) is 9.68. The van der Waals surface area contributed by atoms with Crippen LogP contribution in [-0.4, -0.2) is 40.6 Å². The standard InChI is InChI=1S/C21H24F3NO8/c1-7-32-18(29)20(5,6)16(27)14(17(28)33-19(2,3)4)15(26)12-9-8-11(21(22,23)24)10-13(12)25(30)31/h8-10,14H,7H2,1-6H3. The maximum absolute atomic E-state index is 13.2. The minimum Gasteiger partial charge on any atom is -0.465 e. The molecule has 0 aliphatic rings. The summed E-state index contributed by atoms with van der Waals surface area (Å²) in [6.45, 7) is 7.78. The van der Waals surface area contributed by atoms with E-state index in [-0.39, 0.29) is 12.7 Å². The molecule has 0 heterocycles. The smallest absolute Gasteiger partial charge is 0.416 e. The number of nitro benzene ring substituents is 1. The van der Waals surface area contributed by atoms with Gasteiger partial charge in [0.25, 0.3) is 5.69 Å². The Morgan fingerprint density at radius 2 is 1.61 bits per heavy atom. The van der Waals surface area contributed by atoms with Gasteiger partial charge in [-0.25, -0.2) is 0 Å². The highest BCUT2D eigenvalue weighted by molar-refractivity contribution is 6.27. The van der Waals surface area contributed by atoms with Gasteiger partial charge in [-0.2, -0.15) is 13.2 Å². The number of nitro groups is 1. The number of rotatable bonds is 8. The summed E-state index contributed by atoms with van der Waals surface area (Å²) < 4.78 is 48.9. The van der Waals surface area contributed by atoms with Gasteiger partial charge in [0.15, 0.2) is 17.5 Å². The van der Waals surface area contributed by atoms with Crippen molar-refractivity contribution in [2.24, 2.45) is 11.3 Å². The lowest BCUT2D eigenvalue weighted by atomic mass is 9.78. The van der Waals surface area contributed by atoms with Gasteiger partial charge in [-0.15, -0.1) is 0 Å². The molecule has 1 rings (SSSR count). The quantitative estimate of drug-likeness (QED) is 0.182. The molecule has 0 amide bonds. The first kappa shape index (κ1) is 27.7. The Hall–Kier alpha value is -3.31. The number of Topliss-reactive ketones (excluding diaryl/α,β-unsaturated/α-hetero) is 2. The van der Waals surface area contributed by atoms with Gasteiger partial charge in [0, 0.05) is 6.07 Å². The molecule has 0 bridgehead atoms. The topological polar surface area (TPSA) is 130 Å². The van der Waals surface area contributed by atoms with Crippen molar-refractivity contribution in [1.82, 2.24) is 0 Å². The number of alkyl halides is 3. The van der Waals surface area contributed by atoms with E-state index in [1.807, 2.05) is 0 Å². The summed E-state index contributed by atoms with van der Waals surface area (Å²) in [5.41, 5.74) is -6.83. The number of carbonyl (C=O) groups excluding carboxylic acids is 4. The molecular weight excluding hydrogens is 451 g/mol. The average molecular weight is 475 g/mol. The molecule has 33 heavy (non-hydrogen) atoms. The van der Waals surface area contributed by atoms with E-state index in [1.54, 1.807) is 0 Å². The predicted octanol–water partition coefficient (Wildman–Crippen LogP) is 3.91. The number of hydrogen-bond acceptors (Lipinski definition) is 8. The number of ketones is 2. The largest absolute Gasteiger partial charge is 0.465 e. The lowest BCUT2D eigenvalue weighted by Crippen LogP contribution is -2.46. The van der Waals surface area contributed by atoms with Crippen molar-refractivity contribution in [2.45, 2.75) is 53.3 Å². The number of hydrogen-bond donors (Lipinski definition) is 0. The summed E-state index contributed by atoms with van der Waals surface area (Å²) in [4.78, 5) is 61.5. The Balaban J connectivity index is 3.68. The zero-order valence-electron chi connectivity index (χ0n) is 18.9. The molecule has 182 valence electrons. The van der Waals surface area contributed by atoms with Crippen LogP contribution in [0.5, 0.6) is 0 Å². The molecule has 9 nitrogen and oxygen atoms in total. The summed E-state index contributed by atoms with van der Waals surface area (Å²) in [5, 5.41) is 11.4. The summed E-state index contributed by atoms with van der Waals surface area (Å²) >= 11 is 0. The van der Waals surface area contributed by atoms with Crippen molar-refractivity contribution in [3.05, 3.63) is 39.4 Å². The van der Waals surface area contributed by atoms with Crippen LogP contribution in [-0.2, 0) is 30.0 Å². The fourth-order valence-corrected chi connectivity index (χ4v) is 2.69. The minimum atomic E-state index is -4.95. The fraction of sp³-hybridized carbons (Fsp3) is 0.524. The van der Waals surface area contributed by atoms with Gasteiger partial charge < -0.3 is 9.47 Å². The second-order valence-corrected chi connectivity index (χ2v) is 8.53. The second-order valence-electron chi connectivity index (χ2n) is 8.53. The number of benzene rings is 1. The molecule has 0 fully saturated rings. The van der Waals surface area contributed by atoms with E-state index >= 15 is 0 Å². The highest BCUT2D eigenvalue weighted by Gasteiger charge is 2.50. The van der Waals surface area contributed by atoms with Gasteiger partial charge in [0.1, 0.15) is 11.0 Å². The monoisotopic (exact) mass is 475 g/mol. The van der Waals surface area contributed by atoms with E-state index in [0.29, 0.717) is 12.1 Å². The second kappa shape index (κ2) is 9.67. The maximum atomic E-state index is 13.2. The highest BCUT2D eigenvalue weighted by Crippen LogP contribution is 2.35.